The molecule has 0 aliphatic heterocycles. The van der Waals surface area contributed by atoms with Crippen LogP contribution < -0.4 is 3.53 Å². The number of anilines is 1. The van der Waals surface area contributed by atoms with Crippen molar-refractivity contribution in [3.8, 4) is 0 Å². The fourth-order valence-corrected chi connectivity index (χ4v) is 3.35. The van der Waals surface area contributed by atoms with E-state index in [-0.39, 0.29) is 0 Å². The van der Waals surface area contributed by atoms with Gasteiger partial charge >= 0.3 is 0 Å². The average Bonchev–Trinajstić information content (AvgIpc) is 2.80. The Morgan fingerprint density at radius 3 is 2.24 bits per heavy atom. The Morgan fingerprint density at radius 1 is 1.00 bits per heavy atom. The van der Waals surface area contributed by atoms with Gasteiger partial charge < -0.3 is 3.53 Å². The molecule has 0 saturated heterocycles. The molecule has 0 aliphatic carbocycles. The molecular formula is C14H24INS. The van der Waals surface area contributed by atoms with E-state index in [9.17, 15) is 0 Å². The Bertz CT molecular complexity index is 286. The van der Waals surface area contributed by atoms with Crippen LogP contribution in [-0.2, 0) is 6.42 Å². The Kier molecular flexibility index (Phi) is 9.16. The van der Waals surface area contributed by atoms with Crippen LogP contribution in [0.1, 0.15) is 63.2 Å². The molecule has 0 aliphatic rings. The smallest absolute Gasteiger partial charge is 0.0972 e. The third kappa shape index (κ3) is 7.29. The monoisotopic (exact) mass is 365 g/mol. The molecule has 3 heteroatoms. The highest BCUT2D eigenvalue weighted by Gasteiger charge is 1.98. The summed E-state index contributed by atoms with van der Waals surface area (Å²) in [7, 11) is 0. The summed E-state index contributed by atoms with van der Waals surface area (Å²) in [6.07, 6.45) is 12.5. The van der Waals surface area contributed by atoms with E-state index in [1.165, 1.54) is 67.7 Å². The molecule has 0 atom stereocenters. The summed E-state index contributed by atoms with van der Waals surface area (Å²) in [6.45, 7) is 2.28. The van der Waals surface area contributed by atoms with Crippen molar-refractivity contribution in [2.75, 3.05) is 3.53 Å². The molecule has 1 aromatic heterocycles. The summed E-state index contributed by atoms with van der Waals surface area (Å²) in [6, 6.07) is 4.43. The van der Waals surface area contributed by atoms with Gasteiger partial charge in [0.15, 0.2) is 0 Å². The third-order valence-corrected chi connectivity index (χ3v) is 5.04. The molecule has 0 aromatic carbocycles. The first-order chi connectivity index (χ1) is 8.36. The van der Waals surface area contributed by atoms with E-state index in [0.29, 0.717) is 0 Å². The van der Waals surface area contributed by atoms with Gasteiger partial charge in [0.25, 0.3) is 0 Å². The van der Waals surface area contributed by atoms with Gasteiger partial charge in [-0.3, -0.25) is 0 Å². The van der Waals surface area contributed by atoms with Gasteiger partial charge in [-0.1, -0.05) is 51.9 Å². The Labute approximate surface area is 124 Å². The molecule has 0 amide bonds. The van der Waals surface area contributed by atoms with Crippen LogP contribution in [-0.4, -0.2) is 0 Å². The number of aryl methyl sites for hydroxylation is 1. The topological polar surface area (TPSA) is 12.0 Å². The number of hydrogen-bond acceptors (Lipinski definition) is 2. The minimum Gasteiger partial charge on any atom is -0.320 e. The van der Waals surface area contributed by atoms with E-state index in [4.69, 9.17) is 0 Å². The minimum atomic E-state index is 1.26. The predicted octanol–water partition coefficient (Wildman–Crippen LogP) is 6.19. The highest BCUT2D eigenvalue weighted by molar-refractivity contribution is 14.1. The van der Waals surface area contributed by atoms with Crippen LogP contribution in [0.4, 0.5) is 5.00 Å². The largest absolute Gasteiger partial charge is 0.320 e. The van der Waals surface area contributed by atoms with Crippen molar-refractivity contribution in [1.29, 1.82) is 0 Å². The third-order valence-electron chi connectivity index (χ3n) is 3.03. The van der Waals surface area contributed by atoms with Crippen molar-refractivity contribution in [1.82, 2.24) is 0 Å². The summed E-state index contributed by atoms with van der Waals surface area (Å²) in [5.41, 5.74) is 0. The lowest BCUT2D eigenvalue weighted by Gasteiger charge is -2.00. The predicted molar refractivity (Wildman–Crippen MR) is 88.3 cm³/mol. The molecule has 0 radical (unpaired) electrons. The molecule has 0 fully saturated rings. The van der Waals surface area contributed by atoms with E-state index in [2.05, 4.69) is 45.5 Å². The lowest BCUT2D eigenvalue weighted by atomic mass is 10.1. The van der Waals surface area contributed by atoms with E-state index in [1.807, 2.05) is 11.3 Å². The Hall–Kier alpha value is 0.230. The molecule has 0 bridgehead atoms. The van der Waals surface area contributed by atoms with Crippen LogP contribution in [0.25, 0.3) is 0 Å². The maximum atomic E-state index is 3.17. The molecule has 0 spiro atoms. The zero-order chi connectivity index (χ0) is 12.3. The summed E-state index contributed by atoms with van der Waals surface area (Å²) in [4.78, 5) is 1.52. The van der Waals surface area contributed by atoms with Gasteiger partial charge in [0, 0.05) is 4.88 Å². The quantitative estimate of drug-likeness (QED) is 0.296. The Balaban J connectivity index is 1.93. The molecule has 1 nitrogen and oxygen atoms in total. The van der Waals surface area contributed by atoms with Gasteiger partial charge in [-0.2, -0.15) is 0 Å². The molecule has 1 heterocycles. The molecular weight excluding hydrogens is 341 g/mol. The maximum absolute atomic E-state index is 3.17. The first kappa shape index (κ1) is 15.3. The summed E-state index contributed by atoms with van der Waals surface area (Å²) in [5.74, 6) is 0. The van der Waals surface area contributed by atoms with Gasteiger partial charge in [0.05, 0.1) is 27.9 Å². The second kappa shape index (κ2) is 10.2. The summed E-state index contributed by atoms with van der Waals surface area (Å²) in [5, 5.41) is 1.28. The van der Waals surface area contributed by atoms with Crippen molar-refractivity contribution >= 4 is 39.2 Å². The lowest BCUT2D eigenvalue weighted by molar-refractivity contribution is 0.576. The standard InChI is InChI=1S/C14H24INS/c1-2-3-4-5-6-7-8-9-10-13-11-12-14(16-15)17-13/h11-12,16H,2-10H2,1H3. The molecule has 1 aromatic rings. The van der Waals surface area contributed by atoms with E-state index < -0.39 is 0 Å². The SMILES string of the molecule is CCCCCCCCCCc1ccc(NI)s1. The van der Waals surface area contributed by atoms with Crippen molar-refractivity contribution in [2.45, 2.75) is 64.7 Å². The highest BCUT2D eigenvalue weighted by atomic mass is 127. The number of unbranched alkanes of at least 4 members (excludes halogenated alkanes) is 7. The second-order valence-electron chi connectivity index (χ2n) is 4.59. The molecule has 17 heavy (non-hydrogen) atoms. The van der Waals surface area contributed by atoms with Crippen molar-refractivity contribution in [3.05, 3.63) is 17.0 Å². The second-order valence-corrected chi connectivity index (χ2v) is 6.29. The zero-order valence-corrected chi connectivity index (χ0v) is 13.8. The molecule has 1 rings (SSSR count). The van der Waals surface area contributed by atoms with Gasteiger partial charge in [-0.15, -0.1) is 11.3 Å². The highest BCUT2D eigenvalue weighted by Crippen LogP contribution is 2.24. The molecule has 98 valence electrons. The van der Waals surface area contributed by atoms with Crippen LogP contribution in [0, 0.1) is 0 Å². The fourth-order valence-electron chi connectivity index (χ4n) is 2.00. The number of hydrogen-bond donors (Lipinski definition) is 1. The average molecular weight is 365 g/mol. The summed E-state index contributed by atoms with van der Waals surface area (Å²) >= 11 is 4.08. The normalized spacial score (nSPS) is 10.7. The van der Waals surface area contributed by atoms with Crippen LogP contribution in [0.2, 0.25) is 0 Å². The van der Waals surface area contributed by atoms with E-state index >= 15 is 0 Å². The fraction of sp³-hybridized carbons (Fsp3) is 0.714. The van der Waals surface area contributed by atoms with Gasteiger partial charge in [-0.25, -0.2) is 0 Å². The van der Waals surface area contributed by atoms with Crippen LogP contribution >= 0.6 is 34.2 Å². The van der Waals surface area contributed by atoms with Crippen molar-refractivity contribution in [3.63, 3.8) is 0 Å². The lowest BCUT2D eigenvalue weighted by Crippen LogP contribution is -1.83. The molecule has 1 N–H and O–H groups in total. The van der Waals surface area contributed by atoms with Crippen LogP contribution in [0.3, 0.4) is 0 Å². The maximum Gasteiger partial charge on any atom is 0.0972 e. The number of nitrogens with one attached hydrogen (secondary N) is 1. The Morgan fingerprint density at radius 2 is 1.65 bits per heavy atom. The minimum absolute atomic E-state index is 1.26. The first-order valence-electron chi connectivity index (χ1n) is 6.82. The van der Waals surface area contributed by atoms with Gasteiger partial charge in [0.2, 0.25) is 0 Å². The van der Waals surface area contributed by atoms with Crippen LogP contribution in [0.5, 0.6) is 0 Å². The first-order valence-corrected chi connectivity index (χ1v) is 8.71. The number of rotatable bonds is 10. The molecule has 0 unspecified atom stereocenters. The van der Waals surface area contributed by atoms with Crippen LogP contribution in [0.15, 0.2) is 12.1 Å². The number of thiophene rings is 1. The summed E-state index contributed by atoms with van der Waals surface area (Å²) < 4.78 is 3.17. The number of halogens is 1. The van der Waals surface area contributed by atoms with E-state index in [1.54, 1.807) is 0 Å². The van der Waals surface area contributed by atoms with Crippen molar-refractivity contribution in [2.24, 2.45) is 0 Å². The zero-order valence-electron chi connectivity index (χ0n) is 10.8. The van der Waals surface area contributed by atoms with E-state index in [0.717, 1.165) is 0 Å². The van der Waals surface area contributed by atoms with Crippen molar-refractivity contribution < 1.29 is 0 Å². The van der Waals surface area contributed by atoms with Gasteiger partial charge in [-0.05, 0) is 25.0 Å². The molecule has 0 saturated carbocycles. The van der Waals surface area contributed by atoms with Gasteiger partial charge in [0.1, 0.15) is 0 Å².